The summed E-state index contributed by atoms with van der Waals surface area (Å²) in [6.45, 7) is 1.97. The molecule has 1 atom stereocenters. The first kappa shape index (κ1) is 13.2. The van der Waals surface area contributed by atoms with Gasteiger partial charge in [0.2, 0.25) is 0 Å². The maximum absolute atomic E-state index is 12.5. The lowest BCUT2D eigenvalue weighted by atomic mass is 9.95. The zero-order chi connectivity index (χ0) is 12.4. The van der Waals surface area contributed by atoms with E-state index in [0.717, 1.165) is 22.7 Å². The summed E-state index contributed by atoms with van der Waals surface area (Å²) in [6, 6.07) is 2.13. The van der Waals surface area contributed by atoms with Crippen LogP contribution in [0.25, 0.3) is 0 Å². The fraction of sp³-hybridized carbons (Fsp3) is 0.462. The Hall–Kier alpha value is -0.190. The molecular formula is C13H16OS3. The predicted molar refractivity (Wildman–Crippen MR) is 80.1 cm³/mol. The standard InChI is InChI=1S/C13H16OS3/c1-8(13(15-2)16-3)12(14)10-4-5-11-9(10)6-7-17-11/h6-7,10H,4-5H2,1-3H3. The van der Waals surface area contributed by atoms with E-state index in [0.29, 0.717) is 5.78 Å². The van der Waals surface area contributed by atoms with Gasteiger partial charge in [0.1, 0.15) is 0 Å². The molecule has 0 bridgehead atoms. The van der Waals surface area contributed by atoms with Crippen molar-refractivity contribution < 1.29 is 4.79 Å². The second-order valence-electron chi connectivity index (χ2n) is 4.08. The molecule has 0 amide bonds. The van der Waals surface area contributed by atoms with Crippen molar-refractivity contribution in [2.45, 2.75) is 25.7 Å². The second kappa shape index (κ2) is 5.63. The van der Waals surface area contributed by atoms with Crippen LogP contribution in [0.15, 0.2) is 21.3 Å². The minimum absolute atomic E-state index is 0.116. The Bertz CT molecular complexity index is 453. The maximum Gasteiger partial charge on any atom is 0.167 e. The normalized spacial score (nSPS) is 17.9. The van der Waals surface area contributed by atoms with E-state index in [2.05, 4.69) is 11.4 Å². The van der Waals surface area contributed by atoms with Gasteiger partial charge in [-0.3, -0.25) is 4.79 Å². The van der Waals surface area contributed by atoms with E-state index in [9.17, 15) is 4.79 Å². The Morgan fingerprint density at radius 3 is 2.76 bits per heavy atom. The molecular weight excluding hydrogens is 268 g/mol. The van der Waals surface area contributed by atoms with E-state index < -0.39 is 0 Å². The topological polar surface area (TPSA) is 17.1 Å². The molecule has 0 N–H and O–H groups in total. The zero-order valence-electron chi connectivity index (χ0n) is 10.3. The molecule has 2 rings (SSSR count). The Morgan fingerprint density at radius 1 is 1.41 bits per heavy atom. The first-order chi connectivity index (χ1) is 8.19. The number of hydrogen-bond donors (Lipinski definition) is 0. The Morgan fingerprint density at radius 2 is 2.12 bits per heavy atom. The number of carbonyl (C=O) groups excluding carboxylic acids is 1. The van der Waals surface area contributed by atoms with Gasteiger partial charge in [-0.25, -0.2) is 0 Å². The lowest BCUT2D eigenvalue weighted by Crippen LogP contribution is -2.11. The monoisotopic (exact) mass is 284 g/mol. The SMILES string of the molecule is CSC(SC)=C(C)C(=O)C1CCc2sccc21. The second-order valence-corrected chi connectivity index (χ2v) is 6.97. The van der Waals surface area contributed by atoms with Crippen LogP contribution in [-0.2, 0) is 11.2 Å². The molecule has 0 radical (unpaired) electrons. The van der Waals surface area contributed by atoms with Crippen LogP contribution in [-0.4, -0.2) is 18.3 Å². The summed E-state index contributed by atoms with van der Waals surface area (Å²) in [5.74, 6) is 0.436. The van der Waals surface area contributed by atoms with Crippen molar-refractivity contribution in [3.63, 3.8) is 0 Å². The maximum atomic E-state index is 12.5. The Kier molecular flexibility index (Phi) is 4.39. The van der Waals surface area contributed by atoms with E-state index in [1.54, 1.807) is 34.9 Å². The number of fused-ring (bicyclic) bond motifs is 1. The van der Waals surface area contributed by atoms with Gasteiger partial charge in [0, 0.05) is 20.6 Å². The lowest BCUT2D eigenvalue weighted by Gasteiger charge is -2.12. The average molecular weight is 284 g/mol. The molecule has 1 nitrogen and oxygen atoms in total. The molecule has 4 heteroatoms. The first-order valence-corrected chi connectivity index (χ1v) is 8.91. The van der Waals surface area contributed by atoms with Crippen molar-refractivity contribution in [3.8, 4) is 0 Å². The predicted octanol–water partition coefficient (Wildman–Crippen LogP) is 4.30. The number of thioether (sulfide) groups is 2. The highest BCUT2D eigenvalue weighted by molar-refractivity contribution is 8.21. The number of hydrogen-bond acceptors (Lipinski definition) is 4. The fourth-order valence-corrected chi connectivity index (χ4v) is 4.76. The van der Waals surface area contributed by atoms with E-state index in [1.165, 1.54) is 10.4 Å². The van der Waals surface area contributed by atoms with E-state index >= 15 is 0 Å². The van der Waals surface area contributed by atoms with E-state index in [1.807, 2.05) is 19.4 Å². The molecule has 1 aliphatic rings. The van der Waals surface area contributed by atoms with Crippen molar-refractivity contribution in [2.75, 3.05) is 12.5 Å². The van der Waals surface area contributed by atoms with Gasteiger partial charge < -0.3 is 0 Å². The Balaban J connectivity index is 2.26. The molecule has 0 aromatic carbocycles. The summed E-state index contributed by atoms with van der Waals surface area (Å²) >= 11 is 5.13. The van der Waals surface area contributed by atoms with E-state index in [4.69, 9.17) is 0 Å². The highest BCUT2D eigenvalue weighted by Crippen LogP contribution is 2.40. The van der Waals surface area contributed by atoms with Crippen molar-refractivity contribution >= 4 is 40.6 Å². The van der Waals surface area contributed by atoms with Crippen LogP contribution in [0.4, 0.5) is 0 Å². The van der Waals surface area contributed by atoms with Gasteiger partial charge in [-0.1, -0.05) is 0 Å². The molecule has 1 heterocycles. The van der Waals surface area contributed by atoms with Crippen LogP contribution in [0, 0.1) is 0 Å². The highest BCUT2D eigenvalue weighted by atomic mass is 32.2. The molecule has 1 unspecified atom stereocenters. The first-order valence-electron chi connectivity index (χ1n) is 5.58. The van der Waals surface area contributed by atoms with Crippen molar-refractivity contribution in [1.29, 1.82) is 0 Å². The Labute approximate surface area is 115 Å². The summed E-state index contributed by atoms with van der Waals surface area (Å²) < 4.78 is 1.15. The smallest absolute Gasteiger partial charge is 0.167 e. The number of ketones is 1. The third-order valence-corrected chi connectivity index (χ3v) is 6.53. The van der Waals surface area contributed by atoms with Crippen LogP contribution in [0.1, 0.15) is 29.7 Å². The van der Waals surface area contributed by atoms with Gasteiger partial charge in [0.05, 0.1) is 0 Å². The fourth-order valence-electron chi connectivity index (χ4n) is 2.32. The van der Waals surface area contributed by atoms with Crippen LogP contribution >= 0.6 is 34.9 Å². The largest absolute Gasteiger partial charge is 0.294 e. The molecule has 92 valence electrons. The summed E-state index contributed by atoms with van der Waals surface area (Å²) in [7, 11) is 0. The van der Waals surface area contributed by atoms with Gasteiger partial charge >= 0.3 is 0 Å². The summed E-state index contributed by atoms with van der Waals surface area (Å²) in [6.07, 6.45) is 6.14. The van der Waals surface area contributed by atoms with Crippen LogP contribution in [0.3, 0.4) is 0 Å². The lowest BCUT2D eigenvalue weighted by molar-refractivity contribution is -0.116. The molecule has 0 saturated heterocycles. The number of carbonyl (C=O) groups is 1. The number of Topliss-reactive ketones (excluding diaryl/α,β-unsaturated/α-hetero) is 1. The van der Waals surface area contributed by atoms with Gasteiger partial charge in [-0.05, 0) is 49.3 Å². The quantitative estimate of drug-likeness (QED) is 0.767. The van der Waals surface area contributed by atoms with Gasteiger partial charge in [0.15, 0.2) is 5.78 Å². The molecule has 1 aromatic rings. The highest BCUT2D eigenvalue weighted by Gasteiger charge is 2.30. The van der Waals surface area contributed by atoms with Gasteiger partial charge in [-0.15, -0.1) is 34.9 Å². The van der Waals surface area contributed by atoms with Crippen molar-refractivity contribution in [1.82, 2.24) is 0 Å². The molecule has 0 fully saturated rings. The number of allylic oxidation sites excluding steroid dienone is 1. The summed E-state index contributed by atoms with van der Waals surface area (Å²) in [5, 5.41) is 2.10. The number of thiophene rings is 1. The summed E-state index contributed by atoms with van der Waals surface area (Å²) in [4.78, 5) is 13.9. The molecule has 17 heavy (non-hydrogen) atoms. The number of aryl methyl sites for hydroxylation is 1. The minimum atomic E-state index is 0.116. The van der Waals surface area contributed by atoms with Crippen molar-refractivity contribution in [2.24, 2.45) is 0 Å². The molecule has 0 aliphatic heterocycles. The molecule has 1 aromatic heterocycles. The molecule has 1 aliphatic carbocycles. The third-order valence-electron chi connectivity index (χ3n) is 3.18. The van der Waals surface area contributed by atoms with E-state index in [-0.39, 0.29) is 5.92 Å². The minimum Gasteiger partial charge on any atom is -0.294 e. The zero-order valence-corrected chi connectivity index (χ0v) is 12.7. The molecule has 0 spiro atoms. The molecule has 0 saturated carbocycles. The van der Waals surface area contributed by atoms with Crippen LogP contribution in [0.2, 0.25) is 0 Å². The van der Waals surface area contributed by atoms with Gasteiger partial charge in [-0.2, -0.15) is 0 Å². The summed E-state index contributed by atoms with van der Waals surface area (Å²) in [5.41, 5.74) is 2.22. The van der Waals surface area contributed by atoms with Crippen LogP contribution in [0.5, 0.6) is 0 Å². The number of rotatable bonds is 4. The van der Waals surface area contributed by atoms with Crippen LogP contribution < -0.4 is 0 Å². The van der Waals surface area contributed by atoms with Gasteiger partial charge in [0.25, 0.3) is 0 Å². The third kappa shape index (κ3) is 2.49. The average Bonchev–Trinajstić information content (AvgIpc) is 2.91. The van der Waals surface area contributed by atoms with Crippen molar-refractivity contribution in [3.05, 3.63) is 31.7 Å².